The molecule has 3 nitrogen and oxygen atoms in total. The van der Waals surface area contributed by atoms with Gasteiger partial charge in [-0.05, 0) is 49.8 Å². The zero-order valence-corrected chi connectivity index (χ0v) is 10.3. The molecule has 18 heavy (non-hydrogen) atoms. The van der Waals surface area contributed by atoms with Gasteiger partial charge in [0, 0.05) is 6.54 Å². The minimum Gasteiger partial charge on any atom is -0.380 e. The minimum atomic E-state index is -1.18. The molecule has 1 aliphatic carbocycles. The lowest BCUT2D eigenvalue weighted by atomic mass is 10.0. The molecule has 0 unspecified atom stereocenters. The van der Waals surface area contributed by atoms with Crippen molar-refractivity contribution in [1.82, 2.24) is 5.32 Å². The van der Waals surface area contributed by atoms with Gasteiger partial charge >= 0.3 is 0 Å². The Morgan fingerprint density at radius 2 is 2.11 bits per heavy atom. The SMILES string of the molecule is O=C(NCCc1cccc(F)c1)C1(O)CCCC1. The average Bonchev–Trinajstić information content (AvgIpc) is 2.77. The fourth-order valence-electron chi connectivity index (χ4n) is 2.36. The molecule has 0 aromatic heterocycles. The molecule has 98 valence electrons. The van der Waals surface area contributed by atoms with Crippen molar-refractivity contribution in [2.75, 3.05) is 6.54 Å². The third-order valence-corrected chi connectivity index (χ3v) is 3.44. The number of benzene rings is 1. The molecular formula is C14H18FNO2. The van der Waals surface area contributed by atoms with Crippen LogP contribution >= 0.6 is 0 Å². The lowest BCUT2D eigenvalue weighted by Gasteiger charge is -2.20. The molecule has 0 bridgehead atoms. The third-order valence-electron chi connectivity index (χ3n) is 3.44. The smallest absolute Gasteiger partial charge is 0.251 e. The quantitative estimate of drug-likeness (QED) is 0.857. The number of halogens is 1. The van der Waals surface area contributed by atoms with E-state index in [2.05, 4.69) is 5.32 Å². The molecule has 1 amide bonds. The van der Waals surface area contributed by atoms with Gasteiger partial charge in [-0.15, -0.1) is 0 Å². The summed E-state index contributed by atoms with van der Waals surface area (Å²) in [7, 11) is 0. The van der Waals surface area contributed by atoms with Crippen LogP contribution in [-0.4, -0.2) is 23.2 Å². The van der Waals surface area contributed by atoms with Crippen LogP contribution in [-0.2, 0) is 11.2 Å². The van der Waals surface area contributed by atoms with Crippen molar-refractivity contribution >= 4 is 5.91 Å². The van der Waals surface area contributed by atoms with Gasteiger partial charge in [0.1, 0.15) is 11.4 Å². The molecule has 1 fully saturated rings. The lowest BCUT2D eigenvalue weighted by Crippen LogP contribution is -2.45. The van der Waals surface area contributed by atoms with Crippen LogP contribution in [0.4, 0.5) is 4.39 Å². The topological polar surface area (TPSA) is 49.3 Å². The van der Waals surface area contributed by atoms with Gasteiger partial charge in [-0.25, -0.2) is 4.39 Å². The number of nitrogens with one attached hydrogen (secondary N) is 1. The molecule has 0 atom stereocenters. The summed E-state index contributed by atoms with van der Waals surface area (Å²) in [5, 5.41) is 12.8. The fourth-order valence-corrected chi connectivity index (χ4v) is 2.36. The molecule has 1 saturated carbocycles. The number of hydrogen-bond donors (Lipinski definition) is 2. The van der Waals surface area contributed by atoms with Gasteiger partial charge in [0.2, 0.25) is 0 Å². The van der Waals surface area contributed by atoms with Crippen molar-refractivity contribution in [1.29, 1.82) is 0 Å². The summed E-state index contributed by atoms with van der Waals surface area (Å²) < 4.78 is 12.9. The maximum absolute atomic E-state index is 12.9. The predicted octanol–water partition coefficient (Wildman–Crippen LogP) is 1.79. The summed E-state index contributed by atoms with van der Waals surface area (Å²) in [5.41, 5.74) is -0.337. The summed E-state index contributed by atoms with van der Waals surface area (Å²) >= 11 is 0. The maximum atomic E-state index is 12.9. The molecule has 1 aromatic carbocycles. The highest BCUT2D eigenvalue weighted by molar-refractivity contribution is 5.85. The van der Waals surface area contributed by atoms with Crippen LogP contribution in [0.1, 0.15) is 31.2 Å². The second kappa shape index (κ2) is 5.48. The normalized spacial score (nSPS) is 17.7. The first-order valence-corrected chi connectivity index (χ1v) is 6.35. The van der Waals surface area contributed by atoms with E-state index in [4.69, 9.17) is 0 Å². The van der Waals surface area contributed by atoms with Gasteiger partial charge in [0.25, 0.3) is 5.91 Å². The monoisotopic (exact) mass is 251 g/mol. The van der Waals surface area contributed by atoms with Crippen LogP contribution in [0.15, 0.2) is 24.3 Å². The lowest BCUT2D eigenvalue weighted by molar-refractivity contribution is -0.139. The number of aliphatic hydroxyl groups is 1. The highest BCUT2D eigenvalue weighted by Gasteiger charge is 2.38. The minimum absolute atomic E-state index is 0.270. The van der Waals surface area contributed by atoms with Crippen LogP contribution < -0.4 is 5.32 Å². The van der Waals surface area contributed by atoms with Crippen molar-refractivity contribution < 1.29 is 14.3 Å². The molecule has 0 heterocycles. The van der Waals surface area contributed by atoms with Crippen LogP contribution in [0.25, 0.3) is 0 Å². The fraction of sp³-hybridized carbons (Fsp3) is 0.500. The van der Waals surface area contributed by atoms with Crippen molar-refractivity contribution in [2.24, 2.45) is 0 Å². The third kappa shape index (κ3) is 3.07. The van der Waals surface area contributed by atoms with E-state index in [-0.39, 0.29) is 11.7 Å². The van der Waals surface area contributed by atoms with Crippen molar-refractivity contribution in [2.45, 2.75) is 37.7 Å². The highest BCUT2D eigenvalue weighted by Crippen LogP contribution is 2.29. The molecule has 4 heteroatoms. The van der Waals surface area contributed by atoms with Crippen LogP contribution in [0.3, 0.4) is 0 Å². The average molecular weight is 251 g/mol. The van der Waals surface area contributed by atoms with E-state index in [1.165, 1.54) is 12.1 Å². The summed E-state index contributed by atoms with van der Waals surface area (Å²) in [4.78, 5) is 11.8. The van der Waals surface area contributed by atoms with Gasteiger partial charge in [-0.3, -0.25) is 4.79 Å². The Labute approximate surface area is 106 Å². The van der Waals surface area contributed by atoms with Crippen LogP contribution in [0, 0.1) is 5.82 Å². The van der Waals surface area contributed by atoms with E-state index in [0.717, 1.165) is 18.4 Å². The summed E-state index contributed by atoms with van der Waals surface area (Å²) in [5.74, 6) is -0.565. The number of hydrogen-bond acceptors (Lipinski definition) is 2. The van der Waals surface area contributed by atoms with E-state index in [1.807, 2.05) is 6.07 Å². The van der Waals surface area contributed by atoms with Crippen molar-refractivity contribution in [3.05, 3.63) is 35.6 Å². The Morgan fingerprint density at radius 3 is 2.78 bits per heavy atom. The molecular weight excluding hydrogens is 233 g/mol. The molecule has 0 saturated heterocycles. The Kier molecular flexibility index (Phi) is 3.97. The summed E-state index contributed by atoms with van der Waals surface area (Å²) in [6.07, 6.45) is 3.44. The van der Waals surface area contributed by atoms with E-state index >= 15 is 0 Å². The molecule has 1 aliphatic rings. The van der Waals surface area contributed by atoms with Gasteiger partial charge in [-0.1, -0.05) is 12.1 Å². The largest absolute Gasteiger partial charge is 0.380 e. The standard InChI is InChI=1S/C14H18FNO2/c15-12-5-3-4-11(10-12)6-9-16-13(17)14(18)7-1-2-8-14/h3-5,10,18H,1-2,6-9H2,(H,16,17). The zero-order chi connectivity index (χ0) is 13.0. The Balaban J connectivity index is 1.80. The van der Waals surface area contributed by atoms with Gasteiger partial charge < -0.3 is 10.4 Å². The van der Waals surface area contributed by atoms with Crippen molar-refractivity contribution in [3.8, 4) is 0 Å². The van der Waals surface area contributed by atoms with Gasteiger partial charge in [0.05, 0.1) is 0 Å². The summed E-state index contributed by atoms with van der Waals surface area (Å²) in [6, 6.07) is 6.32. The van der Waals surface area contributed by atoms with E-state index in [0.29, 0.717) is 25.8 Å². The molecule has 1 aromatic rings. The Hall–Kier alpha value is -1.42. The molecule has 0 spiro atoms. The molecule has 2 rings (SSSR count). The van der Waals surface area contributed by atoms with Crippen LogP contribution in [0.2, 0.25) is 0 Å². The van der Waals surface area contributed by atoms with E-state index in [9.17, 15) is 14.3 Å². The van der Waals surface area contributed by atoms with E-state index < -0.39 is 5.60 Å². The second-order valence-corrected chi connectivity index (χ2v) is 4.87. The molecule has 0 aliphatic heterocycles. The first kappa shape index (κ1) is 13.0. The Morgan fingerprint density at radius 1 is 1.39 bits per heavy atom. The predicted molar refractivity (Wildman–Crippen MR) is 66.5 cm³/mol. The van der Waals surface area contributed by atoms with Gasteiger partial charge in [0.15, 0.2) is 0 Å². The number of rotatable bonds is 4. The Bertz CT molecular complexity index is 428. The second-order valence-electron chi connectivity index (χ2n) is 4.87. The molecule has 2 N–H and O–H groups in total. The van der Waals surface area contributed by atoms with Crippen molar-refractivity contribution in [3.63, 3.8) is 0 Å². The summed E-state index contributed by atoms with van der Waals surface area (Å²) in [6.45, 7) is 0.421. The first-order valence-electron chi connectivity index (χ1n) is 6.35. The first-order chi connectivity index (χ1) is 8.60. The zero-order valence-electron chi connectivity index (χ0n) is 10.3. The number of amides is 1. The van der Waals surface area contributed by atoms with E-state index in [1.54, 1.807) is 6.07 Å². The number of carbonyl (C=O) groups excluding carboxylic acids is 1. The van der Waals surface area contributed by atoms with Gasteiger partial charge in [-0.2, -0.15) is 0 Å². The highest BCUT2D eigenvalue weighted by atomic mass is 19.1. The maximum Gasteiger partial charge on any atom is 0.251 e. The van der Waals surface area contributed by atoms with Crippen LogP contribution in [0.5, 0.6) is 0 Å². The molecule has 0 radical (unpaired) electrons. The number of carbonyl (C=O) groups is 1.